The molecule has 5 atom stereocenters. The molecule has 21 heavy (non-hydrogen) atoms. The molecule has 0 aromatic rings. The van der Waals surface area contributed by atoms with Gasteiger partial charge in [-0.2, -0.15) is 0 Å². The van der Waals surface area contributed by atoms with E-state index in [2.05, 4.69) is 76.2 Å². The number of hydrogen-bond acceptors (Lipinski definition) is 0. The van der Waals surface area contributed by atoms with Crippen molar-refractivity contribution in [3.8, 4) is 0 Å². The Morgan fingerprint density at radius 3 is 1.00 bits per heavy atom. The van der Waals surface area contributed by atoms with Gasteiger partial charge in [0.05, 0.1) is 0 Å². The van der Waals surface area contributed by atoms with Crippen LogP contribution in [0.2, 0.25) is 0 Å². The SMILES string of the molecule is CCC(CC)C(P)(CC)C(C)(P)C(P)(CC)C(CC)CC. The topological polar surface area (TPSA) is 0 Å². The van der Waals surface area contributed by atoms with Gasteiger partial charge in [-0.3, -0.25) is 0 Å². The first-order valence-corrected chi connectivity index (χ1v) is 10.8. The van der Waals surface area contributed by atoms with Crippen molar-refractivity contribution in [2.24, 2.45) is 11.8 Å². The lowest BCUT2D eigenvalue weighted by Crippen LogP contribution is -2.61. The van der Waals surface area contributed by atoms with Crippen LogP contribution in [0, 0.1) is 11.8 Å². The fourth-order valence-electron chi connectivity index (χ4n) is 4.63. The molecule has 0 rings (SSSR count). The lowest BCUT2D eigenvalue weighted by Gasteiger charge is -2.59. The van der Waals surface area contributed by atoms with Crippen molar-refractivity contribution in [2.45, 2.75) is 102 Å². The van der Waals surface area contributed by atoms with Crippen LogP contribution >= 0.6 is 27.7 Å². The van der Waals surface area contributed by atoms with E-state index in [4.69, 9.17) is 0 Å². The lowest BCUT2D eigenvalue weighted by molar-refractivity contribution is 0.189. The van der Waals surface area contributed by atoms with Gasteiger partial charge in [0.15, 0.2) is 0 Å². The molecular weight excluding hydrogens is 309 g/mol. The molecule has 0 aliphatic rings. The molecule has 0 spiro atoms. The Balaban J connectivity index is 5.96. The van der Waals surface area contributed by atoms with Crippen molar-refractivity contribution in [1.82, 2.24) is 0 Å². The van der Waals surface area contributed by atoms with E-state index >= 15 is 0 Å². The number of hydrogen-bond donors (Lipinski definition) is 0. The summed E-state index contributed by atoms with van der Waals surface area (Å²) in [7, 11) is 9.93. The fourth-order valence-corrected chi connectivity index (χ4v) is 7.15. The summed E-state index contributed by atoms with van der Waals surface area (Å²) in [5, 5.41) is 0.759. The number of rotatable bonds is 10. The summed E-state index contributed by atoms with van der Waals surface area (Å²) in [5.41, 5.74) is 0. The second-order valence-corrected chi connectivity index (χ2v) is 10.2. The highest BCUT2D eigenvalue weighted by Crippen LogP contribution is 2.60. The summed E-state index contributed by atoms with van der Waals surface area (Å²) >= 11 is 0. The first kappa shape index (κ1) is 22.3. The Morgan fingerprint density at radius 2 is 0.857 bits per heavy atom. The van der Waals surface area contributed by atoms with E-state index in [0.717, 1.165) is 11.8 Å². The molecule has 0 saturated heterocycles. The molecular formula is C18H41P3. The first-order chi connectivity index (χ1) is 9.66. The Labute approximate surface area is 142 Å². The first-order valence-electron chi connectivity index (χ1n) is 9.03. The average Bonchev–Trinajstić information content (AvgIpc) is 2.48. The third-order valence-electron chi connectivity index (χ3n) is 6.53. The molecule has 5 unspecified atom stereocenters. The second-order valence-electron chi connectivity index (χ2n) is 7.02. The highest BCUT2D eigenvalue weighted by molar-refractivity contribution is 7.28. The van der Waals surface area contributed by atoms with Gasteiger partial charge in [0.2, 0.25) is 0 Å². The van der Waals surface area contributed by atoms with Gasteiger partial charge < -0.3 is 0 Å². The molecule has 0 N–H and O–H groups in total. The largest absolute Gasteiger partial charge is 0.130 e. The zero-order chi connectivity index (χ0) is 16.9. The van der Waals surface area contributed by atoms with Crippen molar-refractivity contribution in [3.05, 3.63) is 0 Å². The van der Waals surface area contributed by atoms with E-state index in [1.54, 1.807) is 0 Å². The smallest absolute Gasteiger partial charge is 0.000743 e. The molecule has 3 heteroatoms. The molecule has 0 aromatic carbocycles. The molecule has 0 saturated carbocycles. The fraction of sp³-hybridized carbons (Fsp3) is 1.00. The molecule has 0 bridgehead atoms. The van der Waals surface area contributed by atoms with Gasteiger partial charge in [-0.15, -0.1) is 27.7 Å². The van der Waals surface area contributed by atoms with Crippen LogP contribution in [0.3, 0.4) is 0 Å². The van der Waals surface area contributed by atoms with Crippen molar-refractivity contribution in [1.29, 1.82) is 0 Å². The average molecular weight is 350 g/mol. The molecule has 0 aliphatic carbocycles. The summed E-state index contributed by atoms with van der Waals surface area (Å²) in [6.45, 7) is 16.7. The standard InChI is InChI=1S/C18H41P3/c1-8-14(9-2)17(20,12-5)16(7,19)18(21,13-6)15(10-3)11-4/h14-15H,8-13,19-21H2,1-7H3. The van der Waals surface area contributed by atoms with E-state index in [1.807, 2.05) is 0 Å². The molecule has 0 fully saturated rings. The Kier molecular flexibility index (Phi) is 9.50. The summed E-state index contributed by atoms with van der Waals surface area (Å²) in [6.07, 6.45) is 7.52. The minimum Gasteiger partial charge on any atom is -0.130 e. The van der Waals surface area contributed by atoms with Gasteiger partial charge in [-0.1, -0.05) is 74.1 Å². The third-order valence-corrected chi connectivity index (χ3v) is 11.2. The maximum atomic E-state index is 3.31. The normalized spacial score (nSPS) is 21.1. The van der Waals surface area contributed by atoms with Crippen molar-refractivity contribution >= 4 is 27.7 Å². The monoisotopic (exact) mass is 350 g/mol. The lowest BCUT2D eigenvalue weighted by atomic mass is 9.65. The van der Waals surface area contributed by atoms with Crippen LogP contribution in [-0.4, -0.2) is 15.5 Å². The van der Waals surface area contributed by atoms with E-state index in [-0.39, 0.29) is 15.5 Å². The van der Waals surface area contributed by atoms with Gasteiger partial charge >= 0.3 is 0 Å². The molecule has 0 aliphatic heterocycles. The van der Waals surface area contributed by atoms with E-state index in [0.29, 0.717) is 0 Å². The highest BCUT2D eigenvalue weighted by Gasteiger charge is 2.55. The molecule has 0 nitrogen and oxygen atoms in total. The maximum absolute atomic E-state index is 3.31. The molecule has 128 valence electrons. The summed E-state index contributed by atoms with van der Waals surface area (Å²) < 4.78 is 0. The molecule has 0 heterocycles. The van der Waals surface area contributed by atoms with Crippen molar-refractivity contribution in [3.63, 3.8) is 0 Å². The Morgan fingerprint density at radius 1 is 0.619 bits per heavy atom. The van der Waals surface area contributed by atoms with E-state index in [9.17, 15) is 0 Å². The van der Waals surface area contributed by atoms with Crippen LogP contribution in [-0.2, 0) is 0 Å². The Hall–Kier alpha value is 1.29. The van der Waals surface area contributed by atoms with Gasteiger partial charge in [0.25, 0.3) is 0 Å². The minimum absolute atomic E-state index is 0.201. The van der Waals surface area contributed by atoms with Crippen LogP contribution in [0.5, 0.6) is 0 Å². The molecule has 0 aromatic heterocycles. The van der Waals surface area contributed by atoms with Gasteiger partial charge in [-0.25, -0.2) is 0 Å². The summed E-state index contributed by atoms with van der Waals surface area (Å²) in [6, 6.07) is 0. The third kappa shape index (κ3) is 3.86. The van der Waals surface area contributed by atoms with Gasteiger partial charge in [-0.05, 0) is 35.0 Å². The van der Waals surface area contributed by atoms with Crippen LogP contribution in [0.15, 0.2) is 0 Å². The predicted molar refractivity (Wildman–Crippen MR) is 112 cm³/mol. The maximum Gasteiger partial charge on any atom is 0.000743 e. The predicted octanol–water partition coefficient (Wildman–Crippen LogP) is 6.54. The van der Waals surface area contributed by atoms with Crippen LogP contribution in [0.25, 0.3) is 0 Å². The Bertz CT molecular complexity index is 267. The van der Waals surface area contributed by atoms with Crippen LogP contribution < -0.4 is 0 Å². The van der Waals surface area contributed by atoms with Gasteiger partial charge in [0.1, 0.15) is 0 Å². The van der Waals surface area contributed by atoms with Crippen LogP contribution in [0.4, 0.5) is 0 Å². The zero-order valence-corrected chi connectivity index (χ0v) is 19.1. The van der Waals surface area contributed by atoms with E-state index in [1.165, 1.54) is 38.5 Å². The van der Waals surface area contributed by atoms with E-state index < -0.39 is 0 Å². The quantitative estimate of drug-likeness (QED) is 0.392. The minimum atomic E-state index is 0.201. The molecule has 0 amide bonds. The summed E-state index contributed by atoms with van der Waals surface area (Å²) in [4.78, 5) is 0. The molecule has 0 radical (unpaired) electrons. The second kappa shape index (κ2) is 8.95. The van der Waals surface area contributed by atoms with Crippen LogP contribution in [0.1, 0.15) is 87.0 Å². The van der Waals surface area contributed by atoms with Crippen molar-refractivity contribution in [2.75, 3.05) is 0 Å². The summed E-state index contributed by atoms with van der Waals surface area (Å²) in [5.74, 6) is 1.52. The van der Waals surface area contributed by atoms with Gasteiger partial charge in [0, 0.05) is 5.16 Å². The van der Waals surface area contributed by atoms with Crippen molar-refractivity contribution < 1.29 is 0 Å². The zero-order valence-electron chi connectivity index (χ0n) is 15.6. The highest BCUT2D eigenvalue weighted by atomic mass is 31.0.